The zero-order valence-electron chi connectivity index (χ0n) is 9.84. The van der Waals surface area contributed by atoms with Crippen molar-refractivity contribution in [3.63, 3.8) is 0 Å². The summed E-state index contributed by atoms with van der Waals surface area (Å²) in [7, 11) is 0. The minimum Gasteiger partial charge on any atom is -0.366 e. The van der Waals surface area contributed by atoms with Crippen molar-refractivity contribution in [1.82, 2.24) is 10.3 Å². The lowest BCUT2D eigenvalue weighted by Gasteiger charge is -2.29. The van der Waals surface area contributed by atoms with Crippen LogP contribution in [0.1, 0.15) is 19.8 Å². The van der Waals surface area contributed by atoms with Crippen LogP contribution in [0.25, 0.3) is 0 Å². The van der Waals surface area contributed by atoms with E-state index in [2.05, 4.69) is 38.5 Å². The van der Waals surface area contributed by atoms with Gasteiger partial charge in [0.2, 0.25) is 0 Å². The summed E-state index contributed by atoms with van der Waals surface area (Å²) in [4.78, 5) is 4.30. The first-order valence-corrected chi connectivity index (χ1v) is 7.12. The van der Waals surface area contributed by atoms with Gasteiger partial charge in [0.05, 0.1) is 5.02 Å². The molecule has 1 fully saturated rings. The molecule has 5 heteroatoms. The van der Waals surface area contributed by atoms with E-state index < -0.39 is 0 Å². The minimum absolute atomic E-state index is 0.383. The lowest BCUT2D eigenvalue weighted by atomic mass is 9.93. The highest BCUT2D eigenvalue weighted by atomic mass is 79.9. The molecule has 2 atom stereocenters. The molecule has 1 aromatic rings. The largest absolute Gasteiger partial charge is 0.366 e. The minimum atomic E-state index is 0.383. The molecule has 0 aromatic carbocycles. The number of rotatable bonds is 3. The van der Waals surface area contributed by atoms with Gasteiger partial charge in [0.1, 0.15) is 5.82 Å². The summed E-state index contributed by atoms with van der Waals surface area (Å²) in [5, 5.41) is 7.49. The molecule has 17 heavy (non-hydrogen) atoms. The molecule has 2 rings (SSSR count). The number of pyridine rings is 1. The predicted octanol–water partition coefficient (Wildman–Crippen LogP) is 3.30. The summed E-state index contributed by atoms with van der Waals surface area (Å²) in [6, 6.07) is 2.25. The summed E-state index contributed by atoms with van der Waals surface area (Å²) in [6.45, 7) is 4.40. The van der Waals surface area contributed by atoms with Gasteiger partial charge in [0.25, 0.3) is 0 Å². The topological polar surface area (TPSA) is 37.0 Å². The van der Waals surface area contributed by atoms with Gasteiger partial charge in [-0.3, -0.25) is 0 Å². The van der Waals surface area contributed by atoms with E-state index in [1.807, 2.05) is 6.07 Å². The molecule has 0 aliphatic carbocycles. The van der Waals surface area contributed by atoms with Crippen molar-refractivity contribution >= 4 is 33.3 Å². The molecule has 1 saturated heterocycles. The molecule has 2 N–H and O–H groups in total. The Balaban J connectivity index is 1.99. The van der Waals surface area contributed by atoms with E-state index in [1.54, 1.807) is 6.20 Å². The Morgan fingerprint density at radius 3 is 3.12 bits per heavy atom. The highest BCUT2D eigenvalue weighted by molar-refractivity contribution is 9.10. The summed E-state index contributed by atoms with van der Waals surface area (Å²) in [5.41, 5.74) is 0. The second-order valence-corrected chi connectivity index (χ2v) is 5.85. The van der Waals surface area contributed by atoms with Crippen molar-refractivity contribution in [2.24, 2.45) is 5.92 Å². The fourth-order valence-electron chi connectivity index (χ4n) is 2.16. The Labute approximate surface area is 115 Å². The number of halogens is 2. The van der Waals surface area contributed by atoms with Gasteiger partial charge in [-0.05, 0) is 60.8 Å². The standard InChI is InChI=1S/C12H17BrClN3/c1-8(9-3-2-4-15-6-9)17-12-11(14)5-10(13)7-16-12/h5,7-9,15H,2-4,6H2,1H3,(H,16,17). The number of anilines is 1. The van der Waals surface area contributed by atoms with Gasteiger partial charge in [0.15, 0.2) is 0 Å². The maximum atomic E-state index is 6.14. The zero-order chi connectivity index (χ0) is 12.3. The molecule has 0 radical (unpaired) electrons. The summed E-state index contributed by atoms with van der Waals surface area (Å²) in [6.07, 6.45) is 4.27. The van der Waals surface area contributed by atoms with Crippen LogP contribution in [0.15, 0.2) is 16.7 Å². The quantitative estimate of drug-likeness (QED) is 0.898. The Bertz CT molecular complexity index is 380. The Morgan fingerprint density at radius 2 is 2.47 bits per heavy atom. The van der Waals surface area contributed by atoms with E-state index in [0.29, 0.717) is 17.0 Å². The molecule has 2 unspecified atom stereocenters. The van der Waals surface area contributed by atoms with Crippen molar-refractivity contribution in [3.05, 3.63) is 21.8 Å². The molecule has 3 nitrogen and oxygen atoms in total. The molecule has 1 aliphatic heterocycles. The van der Waals surface area contributed by atoms with Gasteiger partial charge in [-0.25, -0.2) is 4.98 Å². The molecule has 0 bridgehead atoms. The van der Waals surface area contributed by atoms with E-state index >= 15 is 0 Å². The molecule has 0 saturated carbocycles. The van der Waals surface area contributed by atoms with Crippen molar-refractivity contribution in [2.75, 3.05) is 18.4 Å². The summed E-state index contributed by atoms with van der Waals surface area (Å²) in [5.74, 6) is 1.42. The van der Waals surface area contributed by atoms with E-state index in [-0.39, 0.29) is 0 Å². The molecule has 1 aromatic heterocycles. The molecular weight excluding hydrogens is 302 g/mol. The monoisotopic (exact) mass is 317 g/mol. The highest BCUT2D eigenvalue weighted by Crippen LogP contribution is 2.25. The normalized spacial score (nSPS) is 22.2. The first-order valence-electron chi connectivity index (χ1n) is 5.95. The van der Waals surface area contributed by atoms with Gasteiger partial charge >= 0.3 is 0 Å². The second-order valence-electron chi connectivity index (χ2n) is 4.52. The summed E-state index contributed by atoms with van der Waals surface area (Å²) < 4.78 is 0.903. The molecule has 0 amide bonds. The fraction of sp³-hybridized carbons (Fsp3) is 0.583. The Hall–Kier alpha value is -0.320. The van der Waals surface area contributed by atoms with Gasteiger partial charge < -0.3 is 10.6 Å². The first-order chi connectivity index (χ1) is 8.16. The van der Waals surface area contributed by atoms with E-state index in [0.717, 1.165) is 23.4 Å². The van der Waals surface area contributed by atoms with Crippen molar-refractivity contribution in [2.45, 2.75) is 25.8 Å². The maximum absolute atomic E-state index is 6.14. The van der Waals surface area contributed by atoms with Gasteiger partial charge in [-0.1, -0.05) is 11.6 Å². The van der Waals surface area contributed by atoms with E-state index in [9.17, 15) is 0 Å². The summed E-state index contributed by atoms with van der Waals surface area (Å²) >= 11 is 9.50. The van der Waals surface area contributed by atoms with Crippen molar-refractivity contribution in [1.29, 1.82) is 0 Å². The van der Waals surface area contributed by atoms with Crippen LogP contribution in [0, 0.1) is 5.92 Å². The highest BCUT2D eigenvalue weighted by Gasteiger charge is 2.20. The molecule has 94 valence electrons. The maximum Gasteiger partial charge on any atom is 0.145 e. The van der Waals surface area contributed by atoms with E-state index in [4.69, 9.17) is 11.6 Å². The number of piperidine rings is 1. The average molecular weight is 319 g/mol. The molecule has 2 heterocycles. The Morgan fingerprint density at radius 1 is 1.65 bits per heavy atom. The molecule has 1 aliphatic rings. The third-order valence-corrected chi connectivity index (χ3v) is 3.94. The SMILES string of the molecule is CC(Nc1ncc(Br)cc1Cl)C1CCCNC1. The zero-order valence-corrected chi connectivity index (χ0v) is 12.2. The number of aromatic nitrogens is 1. The number of nitrogens with zero attached hydrogens (tertiary/aromatic N) is 1. The lowest BCUT2D eigenvalue weighted by Crippen LogP contribution is -2.38. The van der Waals surface area contributed by atoms with Gasteiger partial charge in [0, 0.05) is 16.7 Å². The second kappa shape index (κ2) is 6.03. The molecular formula is C12H17BrClN3. The van der Waals surface area contributed by atoms with Crippen LogP contribution >= 0.6 is 27.5 Å². The fourth-order valence-corrected chi connectivity index (χ4v) is 2.84. The van der Waals surface area contributed by atoms with Crippen LogP contribution in [0.3, 0.4) is 0 Å². The predicted molar refractivity (Wildman–Crippen MR) is 75.6 cm³/mol. The van der Waals surface area contributed by atoms with Gasteiger partial charge in [-0.2, -0.15) is 0 Å². The third-order valence-electron chi connectivity index (χ3n) is 3.21. The van der Waals surface area contributed by atoms with Crippen LogP contribution in [-0.4, -0.2) is 24.1 Å². The van der Waals surface area contributed by atoms with E-state index in [1.165, 1.54) is 12.8 Å². The van der Waals surface area contributed by atoms with Crippen LogP contribution in [0.2, 0.25) is 5.02 Å². The smallest absolute Gasteiger partial charge is 0.145 e. The molecule has 0 spiro atoms. The van der Waals surface area contributed by atoms with Crippen LogP contribution in [0.5, 0.6) is 0 Å². The lowest BCUT2D eigenvalue weighted by molar-refractivity contribution is 0.346. The Kier molecular flexibility index (Phi) is 4.65. The van der Waals surface area contributed by atoms with Crippen molar-refractivity contribution < 1.29 is 0 Å². The van der Waals surface area contributed by atoms with Gasteiger partial charge in [-0.15, -0.1) is 0 Å². The van der Waals surface area contributed by atoms with Crippen LogP contribution in [-0.2, 0) is 0 Å². The number of hydrogen-bond acceptors (Lipinski definition) is 3. The van der Waals surface area contributed by atoms with Crippen molar-refractivity contribution in [3.8, 4) is 0 Å². The number of hydrogen-bond donors (Lipinski definition) is 2. The number of nitrogens with one attached hydrogen (secondary N) is 2. The van der Waals surface area contributed by atoms with Crippen LogP contribution in [0.4, 0.5) is 5.82 Å². The van der Waals surface area contributed by atoms with Crippen LogP contribution < -0.4 is 10.6 Å². The first kappa shape index (κ1) is 13.1. The average Bonchev–Trinajstić information content (AvgIpc) is 2.34. The third kappa shape index (κ3) is 3.57.